The van der Waals surface area contributed by atoms with Crippen molar-refractivity contribution < 1.29 is 17.9 Å². The van der Waals surface area contributed by atoms with Crippen LogP contribution in [0.3, 0.4) is 0 Å². The molecule has 110 valence electrons. The lowest BCUT2D eigenvalue weighted by molar-refractivity contribution is -0.140. The van der Waals surface area contributed by atoms with Gasteiger partial charge in [-0.3, -0.25) is 9.69 Å². The molecule has 6 nitrogen and oxygen atoms in total. The van der Waals surface area contributed by atoms with Crippen LogP contribution < -0.4 is 0 Å². The lowest BCUT2D eigenvalue weighted by Gasteiger charge is -2.36. The maximum atomic E-state index is 12.2. The molecule has 0 spiro atoms. The van der Waals surface area contributed by atoms with E-state index in [1.807, 2.05) is 0 Å². The fourth-order valence-electron chi connectivity index (χ4n) is 2.85. The molecule has 2 aliphatic rings. The molecule has 0 radical (unpaired) electrons. The van der Waals surface area contributed by atoms with Crippen LogP contribution in [0.4, 0.5) is 0 Å². The van der Waals surface area contributed by atoms with E-state index in [2.05, 4.69) is 9.64 Å². The average molecular weight is 290 g/mol. The van der Waals surface area contributed by atoms with Gasteiger partial charge in [-0.15, -0.1) is 0 Å². The summed E-state index contributed by atoms with van der Waals surface area (Å²) in [4.78, 5) is 13.4. The summed E-state index contributed by atoms with van der Waals surface area (Å²) in [5.74, 6) is -0.315. The van der Waals surface area contributed by atoms with Crippen molar-refractivity contribution in [2.75, 3.05) is 39.0 Å². The Kier molecular flexibility index (Phi) is 4.81. The van der Waals surface area contributed by atoms with E-state index < -0.39 is 10.0 Å². The highest BCUT2D eigenvalue weighted by Gasteiger charge is 2.35. The van der Waals surface area contributed by atoms with Crippen LogP contribution in [0.15, 0.2) is 0 Å². The van der Waals surface area contributed by atoms with Gasteiger partial charge in [-0.05, 0) is 25.8 Å². The fourth-order valence-corrected chi connectivity index (χ4v) is 4.37. The topological polar surface area (TPSA) is 66.9 Å². The molecule has 2 saturated heterocycles. The molecule has 1 unspecified atom stereocenters. The van der Waals surface area contributed by atoms with E-state index >= 15 is 0 Å². The summed E-state index contributed by atoms with van der Waals surface area (Å²) in [7, 11) is -1.91. The average Bonchev–Trinajstić information content (AvgIpc) is 2.85. The van der Waals surface area contributed by atoms with Crippen molar-refractivity contribution in [1.29, 1.82) is 0 Å². The molecule has 2 rings (SSSR count). The summed E-state index contributed by atoms with van der Waals surface area (Å²) in [5, 5.41) is 0. The first-order chi connectivity index (χ1) is 9.03. The van der Waals surface area contributed by atoms with Crippen LogP contribution in [0.1, 0.15) is 25.7 Å². The first-order valence-corrected chi connectivity index (χ1v) is 8.42. The first kappa shape index (κ1) is 14.7. The predicted molar refractivity (Wildman–Crippen MR) is 71.2 cm³/mol. The second-order valence-corrected chi connectivity index (χ2v) is 7.27. The Morgan fingerprint density at radius 2 is 2.11 bits per heavy atom. The maximum absolute atomic E-state index is 12.2. The van der Waals surface area contributed by atoms with Gasteiger partial charge in [0.25, 0.3) is 0 Å². The van der Waals surface area contributed by atoms with Gasteiger partial charge in [0.2, 0.25) is 10.0 Å². The molecule has 0 saturated carbocycles. The van der Waals surface area contributed by atoms with Crippen LogP contribution in [-0.2, 0) is 19.6 Å². The molecule has 0 aliphatic carbocycles. The van der Waals surface area contributed by atoms with Crippen molar-refractivity contribution in [1.82, 2.24) is 9.21 Å². The van der Waals surface area contributed by atoms with Gasteiger partial charge >= 0.3 is 5.97 Å². The van der Waals surface area contributed by atoms with Gasteiger partial charge in [0.1, 0.15) is 0 Å². The number of piperazine rings is 1. The van der Waals surface area contributed by atoms with Gasteiger partial charge in [-0.1, -0.05) is 0 Å². The van der Waals surface area contributed by atoms with Gasteiger partial charge in [0.15, 0.2) is 0 Å². The summed E-state index contributed by atoms with van der Waals surface area (Å²) >= 11 is 0. The van der Waals surface area contributed by atoms with E-state index in [4.69, 9.17) is 0 Å². The van der Waals surface area contributed by atoms with Crippen molar-refractivity contribution >= 4 is 16.0 Å². The number of hydrogen-bond donors (Lipinski definition) is 0. The Bertz CT molecular complexity index is 423. The monoisotopic (exact) mass is 290 g/mol. The summed E-state index contributed by atoms with van der Waals surface area (Å²) in [6.45, 7) is 3.12. The van der Waals surface area contributed by atoms with Crippen LogP contribution in [0.2, 0.25) is 0 Å². The molecule has 2 aliphatic heterocycles. The number of carbonyl (C=O) groups excluding carboxylic acids is 1. The molecular formula is C12H22N2O4S. The normalized spacial score (nSPS) is 25.2. The first-order valence-electron chi connectivity index (χ1n) is 6.81. The SMILES string of the molecule is COC(=O)CCCS(=O)(=O)N1CCN2CCCC2C1. The number of esters is 1. The van der Waals surface area contributed by atoms with Crippen molar-refractivity contribution in [3.63, 3.8) is 0 Å². The Hall–Kier alpha value is -0.660. The van der Waals surface area contributed by atoms with Gasteiger partial charge in [0, 0.05) is 32.1 Å². The Morgan fingerprint density at radius 3 is 2.84 bits per heavy atom. The largest absolute Gasteiger partial charge is 0.469 e. The van der Waals surface area contributed by atoms with Crippen LogP contribution in [0.25, 0.3) is 0 Å². The molecule has 7 heteroatoms. The molecule has 19 heavy (non-hydrogen) atoms. The lowest BCUT2D eigenvalue weighted by atomic mass is 10.2. The second-order valence-electron chi connectivity index (χ2n) is 5.19. The molecule has 0 aromatic heterocycles. The summed E-state index contributed by atoms with van der Waals surface area (Å²) in [6.07, 6.45) is 2.76. The minimum atomic E-state index is -3.23. The minimum Gasteiger partial charge on any atom is -0.469 e. The third kappa shape index (κ3) is 3.67. The smallest absolute Gasteiger partial charge is 0.305 e. The van der Waals surface area contributed by atoms with Gasteiger partial charge in [-0.25, -0.2) is 8.42 Å². The Morgan fingerprint density at radius 1 is 1.32 bits per heavy atom. The molecular weight excluding hydrogens is 268 g/mol. The quantitative estimate of drug-likeness (QED) is 0.669. The van der Waals surface area contributed by atoms with E-state index in [1.165, 1.54) is 13.5 Å². The number of carbonyl (C=O) groups is 1. The third-order valence-corrected chi connectivity index (χ3v) is 5.88. The number of rotatable bonds is 5. The molecule has 1 atom stereocenters. The summed E-state index contributed by atoms with van der Waals surface area (Å²) in [6, 6.07) is 0.393. The molecule has 0 bridgehead atoms. The Balaban J connectivity index is 1.84. The van der Waals surface area contributed by atoms with Crippen molar-refractivity contribution in [2.45, 2.75) is 31.7 Å². The zero-order valence-corrected chi connectivity index (χ0v) is 12.2. The van der Waals surface area contributed by atoms with Gasteiger partial charge in [0.05, 0.1) is 12.9 Å². The number of fused-ring (bicyclic) bond motifs is 1. The summed E-state index contributed by atoms with van der Waals surface area (Å²) in [5.41, 5.74) is 0. The van der Waals surface area contributed by atoms with Crippen LogP contribution in [0.5, 0.6) is 0 Å². The minimum absolute atomic E-state index is 0.0365. The van der Waals surface area contributed by atoms with E-state index in [9.17, 15) is 13.2 Å². The highest BCUT2D eigenvalue weighted by Crippen LogP contribution is 2.23. The Labute approximate surface area is 114 Å². The van der Waals surface area contributed by atoms with E-state index in [1.54, 1.807) is 4.31 Å². The number of ether oxygens (including phenoxy) is 1. The van der Waals surface area contributed by atoms with Crippen LogP contribution in [-0.4, -0.2) is 68.7 Å². The van der Waals surface area contributed by atoms with Crippen LogP contribution >= 0.6 is 0 Å². The van der Waals surface area contributed by atoms with E-state index in [0.29, 0.717) is 25.6 Å². The maximum Gasteiger partial charge on any atom is 0.305 e. The number of sulfonamides is 1. The molecule has 0 amide bonds. The van der Waals surface area contributed by atoms with Crippen LogP contribution in [0, 0.1) is 0 Å². The summed E-state index contributed by atoms with van der Waals surface area (Å²) < 4.78 is 30.5. The second kappa shape index (κ2) is 6.19. The third-order valence-electron chi connectivity index (χ3n) is 3.95. The van der Waals surface area contributed by atoms with E-state index in [0.717, 1.165) is 19.5 Å². The van der Waals surface area contributed by atoms with Crippen molar-refractivity contribution in [3.05, 3.63) is 0 Å². The predicted octanol–water partition coefficient (Wildman–Crippen LogP) is 0.0494. The number of methoxy groups -OCH3 is 1. The zero-order valence-electron chi connectivity index (χ0n) is 11.4. The molecule has 2 fully saturated rings. The highest BCUT2D eigenvalue weighted by atomic mass is 32.2. The standard InChI is InChI=1S/C12H22N2O4S/c1-18-12(15)5-3-9-19(16,17)14-8-7-13-6-2-4-11(13)10-14/h11H,2-10H2,1H3. The molecule has 2 heterocycles. The number of nitrogens with zero attached hydrogens (tertiary/aromatic N) is 2. The van der Waals surface area contributed by atoms with Gasteiger partial charge < -0.3 is 4.74 Å². The van der Waals surface area contributed by atoms with Crippen molar-refractivity contribution in [2.24, 2.45) is 0 Å². The molecule has 0 aromatic carbocycles. The van der Waals surface area contributed by atoms with E-state index in [-0.39, 0.29) is 18.1 Å². The highest BCUT2D eigenvalue weighted by molar-refractivity contribution is 7.89. The van der Waals surface area contributed by atoms with Gasteiger partial charge in [-0.2, -0.15) is 4.31 Å². The van der Waals surface area contributed by atoms with Crippen molar-refractivity contribution in [3.8, 4) is 0 Å². The number of hydrogen-bond acceptors (Lipinski definition) is 5. The fraction of sp³-hybridized carbons (Fsp3) is 0.917. The molecule has 0 N–H and O–H groups in total. The lowest BCUT2D eigenvalue weighted by Crippen LogP contribution is -2.52. The molecule has 0 aromatic rings. The zero-order chi connectivity index (χ0) is 13.9.